The molecule has 0 bridgehead atoms. The zero-order valence-electron chi connectivity index (χ0n) is 19.2. The van der Waals surface area contributed by atoms with Gasteiger partial charge in [-0.1, -0.05) is 35.2 Å². The Kier molecular flexibility index (Phi) is 7.84. The number of hydrogen-bond donors (Lipinski definition) is 1. The molecule has 0 amide bonds. The number of carbonyl (C=O) groups is 1. The molecule has 2 aromatic carbocycles. The van der Waals surface area contributed by atoms with E-state index < -0.39 is 22.7 Å². The first-order chi connectivity index (χ1) is 17.2. The molecule has 1 fully saturated rings. The number of carboxylic acid groups (broad SMARTS) is 1. The van der Waals surface area contributed by atoms with Gasteiger partial charge < -0.3 is 9.84 Å². The average Bonchev–Trinajstić information content (AvgIpc) is 2.85. The van der Waals surface area contributed by atoms with E-state index in [-0.39, 0.29) is 21.7 Å². The molecule has 1 heterocycles. The van der Waals surface area contributed by atoms with Gasteiger partial charge in [-0.25, -0.2) is 9.78 Å². The highest BCUT2D eigenvalue weighted by molar-refractivity contribution is 9.10. The zero-order chi connectivity index (χ0) is 26.0. The lowest BCUT2D eigenvalue weighted by molar-refractivity contribution is -0.386. The van der Waals surface area contributed by atoms with Crippen molar-refractivity contribution in [3.05, 3.63) is 71.1 Å². The maximum Gasteiger partial charge on any atom is 0.344 e. The molecule has 188 valence electrons. The van der Waals surface area contributed by atoms with E-state index in [1.54, 1.807) is 12.1 Å². The fraction of sp³-hybridized carbons (Fsp3) is 0.333. The average molecular weight is 622 g/mol. The number of aromatic nitrogens is 2. The Morgan fingerprint density at radius 1 is 1.28 bits per heavy atom. The number of aliphatic carboxylic acids is 1. The number of benzene rings is 2. The van der Waals surface area contributed by atoms with Gasteiger partial charge in [0.2, 0.25) is 5.75 Å². The molecule has 0 saturated heterocycles. The predicted octanol–water partition coefficient (Wildman–Crippen LogP) is 5.61. The third-order valence-electron chi connectivity index (χ3n) is 6.01. The molecule has 1 aliphatic rings. The number of nitro benzene ring substituents is 1. The lowest BCUT2D eigenvalue weighted by atomic mass is 9.88. The lowest BCUT2D eigenvalue weighted by Crippen LogP contribution is -2.25. The summed E-state index contributed by atoms with van der Waals surface area (Å²) in [6.07, 6.45) is 5.07. The molecule has 10 nitrogen and oxygen atoms in total. The van der Waals surface area contributed by atoms with Crippen molar-refractivity contribution in [1.82, 2.24) is 9.66 Å². The van der Waals surface area contributed by atoms with Crippen LogP contribution >= 0.6 is 31.9 Å². The van der Waals surface area contributed by atoms with Crippen molar-refractivity contribution in [2.45, 2.75) is 51.0 Å². The van der Waals surface area contributed by atoms with E-state index in [9.17, 15) is 19.7 Å². The number of nitro groups is 1. The van der Waals surface area contributed by atoms with Gasteiger partial charge in [0.25, 0.3) is 5.56 Å². The summed E-state index contributed by atoms with van der Waals surface area (Å²) in [7, 11) is 0. The van der Waals surface area contributed by atoms with E-state index in [0.717, 1.165) is 36.6 Å². The molecule has 0 radical (unpaired) electrons. The van der Waals surface area contributed by atoms with Crippen molar-refractivity contribution in [1.29, 1.82) is 0 Å². The molecule has 3 aromatic rings. The van der Waals surface area contributed by atoms with Crippen LogP contribution in [0.25, 0.3) is 10.9 Å². The van der Waals surface area contributed by atoms with E-state index in [1.807, 2.05) is 6.07 Å². The lowest BCUT2D eigenvalue weighted by Gasteiger charge is -2.22. The van der Waals surface area contributed by atoms with Crippen molar-refractivity contribution in [2.24, 2.45) is 5.10 Å². The van der Waals surface area contributed by atoms with Gasteiger partial charge in [-0.3, -0.25) is 14.9 Å². The highest BCUT2D eigenvalue weighted by Crippen LogP contribution is 2.37. The molecular weight excluding hydrogens is 600 g/mol. The topological polar surface area (TPSA) is 137 Å². The van der Waals surface area contributed by atoms with Gasteiger partial charge in [0, 0.05) is 22.0 Å². The van der Waals surface area contributed by atoms with E-state index in [2.05, 4.69) is 37.0 Å². The van der Waals surface area contributed by atoms with Crippen LogP contribution in [0.3, 0.4) is 0 Å². The molecule has 1 aliphatic carbocycles. The van der Waals surface area contributed by atoms with Crippen molar-refractivity contribution >= 4 is 60.6 Å². The van der Waals surface area contributed by atoms with E-state index in [0.29, 0.717) is 22.3 Å². The first-order valence-corrected chi connectivity index (χ1v) is 12.9. The van der Waals surface area contributed by atoms with Crippen molar-refractivity contribution < 1.29 is 19.6 Å². The summed E-state index contributed by atoms with van der Waals surface area (Å²) in [6.45, 7) is 1.28. The Labute approximate surface area is 222 Å². The quantitative estimate of drug-likeness (QED) is 0.206. The molecule has 1 saturated carbocycles. The smallest absolute Gasteiger partial charge is 0.344 e. The van der Waals surface area contributed by atoms with Crippen LogP contribution in [0.5, 0.6) is 5.75 Å². The molecule has 0 aliphatic heterocycles. The van der Waals surface area contributed by atoms with Crippen LogP contribution in [0, 0.1) is 10.1 Å². The van der Waals surface area contributed by atoms with Crippen molar-refractivity contribution in [3.63, 3.8) is 0 Å². The minimum Gasteiger partial charge on any atom is -0.479 e. The molecule has 0 spiro atoms. The number of fused-ring (bicyclic) bond motifs is 1. The standard InChI is InChI=1S/C24H22Br2N4O6/c1-13(24(32)33)36-21-18(26)9-14(10-20(21)30(34)35)12-27-29-22(15-5-3-2-4-6-15)28-19-8-7-16(25)11-17(19)23(29)31/h7-13,15H,2-6H2,1H3,(H,32,33)/t13-/m0/s1. The summed E-state index contributed by atoms with van der Waals surface area (Å²) in [4.78, 5) is 40.4. The summed E-state index contributed by atoms with van der Waals surface area (Å²) in [5.74, 6) is -0.822. The second-order valence-corrected chi connectivity index (χ2v) is 10.3. The van der Waals surface area contributed by atoms with Gasteiger partial charge in [0.15, 0.2) is 6.10 Å². The van der Waals surface area contributed by atoms with Crippen molar-refractivity contribution in [3.8, 4) is 5.75 Å². The summed E-state index contributed by atoms with van der Waals surface area (Å²) in [5, 5.41) is 25.6. The molecule has 1 N–H and O–H groups in total. The van der Waals surface area contributed by atoms with Gasteiger partial charge in [-0.15, -0.1) is 0 Å². The summed E-state index contributed by atoms with van der Waals surface area (Å²) < 4.78 is 7.49. The maximum atomic E-state index is 13.4. The van der Waals surface area contributed by atoms with Crippen LogP contribution in [0.1, 0.15) is 56.3 Å². The van der Waals surface area contributed by atoms with E-state index in [1.165, 1.54) is 29.9 Å². The van der Waals surface area contributed by atoms with Crippen LogP contribution in [0.4, 0.5) is 5.69 Å². The Morgan fingerprint density at radius 2 is 2.00 bits per heavy atom. The van der Waals surface area contributed by atoms with Crippen LogP contribution < -0.4 is 10.3 Å². The van der Waals surface area contributed by atoms with Crippen LogP contribution in [-0.4, -0.2) is 38.0 Å². The summed E-state index contributed by atoms with van der Waals surface area (Å²) in [6, 6.07) is 8.04. The molecule has 0 unspecified atom stereocenters. The number of carboxylic acids is 1. The van der Waals surface area contributed by atoms with Crippen LogP contribution in [0.15, 0.2) is 49.2 Å². The summed E-state index contributed by atoms with van der Waals surface area (Å²) >= 11 is 6.62. The SMILES string of the molecule is C[C@H](Oc1c(Br)cc(C=Nn2c(C3CCCCC3)nc3ccc(Br)cc3c2=O)cc1[N+](=O)[O-])C(=O)O. The highest BCUT2D eigenvalue weighted by Gasteiger charge is 2.25. The minimum absolute atomic E-state index is 0.0750. The predicted molar refractivity (Wildman–Crippen MR) is 141 cm³/mol. The van der Waals surface area contributed by atoms with Crippen LogP contribution in [0.2, 0.25) is 0 Å². The number of hydrogen-bond acceptors (Lipinski definition) is 7. The van der Waals surface area contributed by atoms with Gasteiger partial charge in [-0.2, -0.15) is 9.78 Å². The fourth-order valence-electron chi connectivity index (χ4n) is 4.18. The molecular formula is C24H22Br2N4O6. The normalized spacial score (nSPS) is 15.3. The Hall–Kier alpha value is -3.12. The molecule has 12 heteroatoms. The largest absolute Gasteiger partial charge is 0.479 e. The Bertz CT molecular complexity index is 1430. The maximum absolute atomic E-state index is 13.4. The molecule has 4 rings (SSSR count). The molecule has 1 aromatic heterocycles. The van der Waals surface area contributed by atoms with E-state index >= 15 is 0 Å². The number of halogens is 2. The van der Waals surface area contributed by atoms with Gasteiger partial charge in [0.1, 0.15) is 5.82 Å². The minimum atomic E-state index is -1.29. The van der Waals surface area contributed by atoms with E-state index in [4.69, 9.17) is 14.8 Å². The highest BCUT2D eigenvalue weighted by atomic mass is 79.9. The number of ether oxygens (including phenoxy) is 1. The van der Waals surface area contributed by atoms with Gasteiger partial charge >= 0.3 is 11.7 Å². The molecule has 1 atom stereocenters. The first-order valence-electron chi connectivity index (χ1n) is 11.3. The van der Waals surface area contributed by atoms with Crippen LogP contribution in [-0.2, 0) is 4.79 Å². The third kappa shape index (κ3) is 5.49. The third-order valence-corrected chi connectivity index (χ3v) is 7.09. The second-order valence-electron chi connectivity index (χ2n) is 8.53. The molecule has 36 heavy (non-hydrogen) atoms. The number of rotatable bonds is 7. The Morgan fingerprint density at radius 3 is 2.67 bits per heavy atom. The fourth-order valence-corrected chi connectivity index (χ4v) is 5.10. The van der Waals surface area contributed by atoms with Gasteiger partial charge in [-0.05, 0) is 60.0 Å². The monoisotopic (exact) mass is 620 g/mol. The Balaban J connectivity index is 1.81. The number of nitrogens with zero attached hydrogens (tertiary/aromatic N) is 4. The van der Waals surface area contributed by atoms with Crippen molar-refractivity contribution in [2.75, 3.05) is 0 Å². The van der Waals surface area contributed by atoms with Gasteiger partial charge in [0.05, 0.1) is 26.5 Å². The summed E-state index contributed by atoms with van der Waals surface area (Å²) in [5.41, 5.74) is 0.142. The first kappa shape index (κ1) is 26.0. The zero-order valence-corrected chi connectivity index (χ0v) is 22.4. The second kappa shape index (κ2) is 10.9.